The lowest BCUT2D eigenvalue weighted by molar-refractivity contribution is -0.177. The fraction of sp³-hybridized carbons (Fsp3) is 0.448. The highest BCUT2D eigenvalue weighted by Crippen LogP contribution is 2.37. The Morgan fingerprint density at radius 1 is 0.895 bits per heavy atom. The normalized spacial score (nSPS) is 14.7. The molecule has 0 spiro atoms. The summed E-state index contributed by atoms with van der Waals surface area (Å²) in [6.45, 7) is 13.1. The van der Waals surface area contributed by atoms with Crippen LogP contribution in [0.1, 0.15) is 54.9 Å². The molecule has 0 aliphatic rings. The molecule has 0 unspecified atom stereocenters. The third-order valence-corrected chi connectivity index (χ3v) is 10.9. The second-order valence-corrected chi connectivity index (χ2v) is 15.5. The van der Waals surface area contributed by atoms with Crippen LogP contribution in [0.25, 0.3) is 0 Å². The summed E-state index contributed by atoms with van der Waals surface area (Å²) in [6, 6.07) is 18.6. The lowest BCUT2D eigenvalue weighted by Gasteiger charge is -2.44. The number of amides is 1. The summed E-state index contributed by atoms with van der Waals surface area (Å²) in [6.07, 6.45) is -2.50. The van der Waals surface area contributed by atoms with Crippen molar-refractivity contribution in [3.8, 4) is 0 Å². The van der Waals surface area contributed by atoms with E-state index in [2.05, 4.69) is 45.0 Å². The zero-order chi connectivity index (χ0) is 28.8. The molecule has 2 atom stereocenters. The predicted octanol–water partition coefficient (Wildman–Crippen LogP) is 5.29. The van der Waals surface area contributed by atoms with Gasteiger partial charge in [0.25, 0.3) is 8.32 Å². The molecule has 0 fully saturated rings. The van der Waals surface area contributed by atoms with E-state index in [4.69, 9.17) is 9.16 Å². The Hall–Kier alpha value is -2.91. The summed E-state index contributed by atoms with van der Waals surface area (Å²) in [5.74, 6) is -3.14. The maximum absolute atomic E-state index is 12.9. The second-order valence-electron chi connectivity index (χ2n) is 11.2. The third-order valence-electron chi connectivity index (χ3n) is 5.81. The van der Waals surface area contributed by atoms with E-state index < -0.39 is 44.1 Å². The molecule has 2 aromatic carbocycles. The van der Waals surface area contributed by atoms with Crippen LogP contribution < -0.4 is 15.7 Å². The number of hydrogen-bond donors (Lipinski definition) is 1. The van der Waals surface area contributed by atoms with Crippen molar-refractivity contribution < 1.29 is 31.9 Å². The number of benzene rings is 2. The van der Waals surface area contributed by atoms with Crippen molar-refractivity contribution in [2.75, 3.05) is 0 Å². The number of esters is 1. The highest BCUT2D eigenvalue weighted by Gasteiger charge is 2.50. The van der Waals surface area contributed by atoms with Gasteiger partial charge in [-0.3, -0.25) is 4.79 Å². The molecule has 9 heteroatoms. The molecule has 0 radical (unpaired) electrons. The van der Waals surface area contributed by atoms with Crippen molar-refractivity contribution in [1.29, 1.82) is 0 Å². The number of carbonyl (C=O) groups excluding carboxylic acids is 2. The average molecular weight is 550 g/mol. The van der Waals surface area contributed by atoms with E-state index >= 15 is 0 Å². The maximum atomic E-state index is 12.9. The Balaban J connectivity index is 2.36. The summed E-state index contributed by atoms with van der Waals surface area (Å²) in [5.41, 5.74) is -0.929. The van der Waals surface area contributed by atoms with Gasteiger partial charge >= 0.3 is 18.1 Å². The number of hydrogen-bond acceptors (Lipinski definition) is 4. The van der Waals surface area contributed by atoms with Crippen LogP contribution in [0, 0.1) is 0 Å². The van der Waals surface area contributed by atoms with Gasteiger partial charge in [-0.05, 0) is 49.5 Å². The summed E-state index contributed by atoms with van der Waals surface area (Å²) >= 11 is 0. The summed E-state index contributed by atoms with van der Waals surface area (Å²) in [5, 5.41) is 3.66. The molecular formula is C29H38F3NO4Si. The van der Waals surface area contributed by atoms with Crippen LogP contribution in [-0.2, 0) is 18.8 Å². The highest BCUT2D eigenvalue weighted by atomic mass is 28.4. The molecule has 0 aliphatic heterocycles. The standard InChI is InChI=1S/C29H38F3NO4Si/c1-21(15-14-20-24(25(34)36-27(2,3)4)33-26(35)29(30,31)32)37-38(28(5,6)7,22-16-10-8-11-17-22)23-18-12-9-13-19-23/h8-19,21,24H,20H2,1-7H3,(H,33,35)/b15-14+/t21-,24+/m0/s1. The molecule has 0 aromatic heterocycles. The number of rotatable bonds is 9. The SMILES string of the molecule is C[C@@H](/C=C/C[C@@H](NC(=O)C(F)(F)F)C(=O)OC(C)(C)C)O[Si](c1ccccc1)(c1ccccc1)C(C)(C)C. The maximum Gasteiger partial charge on any atom is 0.471 e. The zero-order valence-corrected chi connectivity index (χ0v) is 24.1. The van der Waals surface area contributed by atoms with E-state index in [1.807, 2.05) is 43.3 Å². The lowest BCUT2D eigenvalue weighted by atomic mass is 10.1. The van der Waals surface area contributed by atoms with Gasteiger partial charge in [0.15, 0.2) is 0 Å². The molecule has 0 saturated heterocycles. The molecule has 5 nitrogen and oxygen atoms in total. The molecule has 0 bridgehead atoms. The third kappa shape index (κ3) is 8.29. The molecule has 0 heterocycles. The minimum absolute atomic E-state index is 0.189. The predicted molar refractivity (Wildman–Crippen MR) is 146 cm³/mol. The number of ether oxygens (including phenoxy) is 1. The van der Waals surface area contributed by atoms with E-state index in [1.165, 1.54) is 0 Å². The van der Waals surface area contributed by atoms with Gasteiger partial charge in [-0.2, -0.15) is 13.2 Å². The monoisotopic (exact) mass is 549 g/mol. The van der Waals surface area contributed by atoms with Crippen molar-refractivity contribution >= 4 is 30.6 Å². The molecule has 1 amide bonds. The van der Waals surface area contributed by atoms with Crippen LogP contribution in [0.15, 0.2) is 72.8 Å². The molecule has 208 valence electrons. The van der Waals surface area contributed by atoms with Gasteiger partial charge in [0, 0.05) is 0 Å². The van der Waals surface area contributed by atoms with Crippen molar-refractivity contribution in [2.45, 2.75) is 83.8 Å². The van der Waals surface area contributed by atoms with Crippen molar-refractivity contribution in [3.63, 3.8) is 0 Å². The summed E-state index contributed by atoms with van der Waals surface area (Å²) in [4.78, 5) is 24.1. The number of halogens is 3. The Morgan fingerprint density at radius 2 is 1.37 bits per heavy atom. The van der Waals surface area contributed by atoms with Gasteiger partial charge in [0.1, 0.15) is 11.6 Å². The van der Waals surface area contributed by atoms with Crippen LogP contribution in [0.2, 0.25) is 5.04 Å². The van der Waals surface area contributed by atoms with Gasteiger partial charge in [-0.15, -0.1) is 0 Å². The van der Waals surface area contributed by atoms with Crippen molar-refractivity contribution in [2.24, 2.45) is 0 Å². The smallest absolute Gasteiger partial charge is 0.458 e. The molecule has 2 aromatic rings. The van der Waals surface area contributed by atoms with Gasteiger partial charge in [-0.25, -0.2) is 4.79 Å². The lowest BCUT2D eigenvalue weighted by Crippen LogP contribution is -2.67. The molecule has 38 heavy (non-hydrogen) atoms. The fourth-order valence-corrected chi connectivity index (χ4v) is 8.89. The summed E-state index contributed by atoms with van der Waals surface area (Å²) < 4.78 is 50.8. The van der Waals surface area contributed by atoms with Crippen LogP contribution in [0.3, 0.4) is 0 Å². The first-order valence-corrected chi connectivity index (χ1v) is 14.4. The minimum Gasteiger partial charge on any atom is -0.458 e. The second kappa shape index (κ2) is 12.3. The minimum atomic E-state index is -5.12. The molecule has 1 N–H and O–H groups in total. The highest BCUT2D eigenvalue weighted by molar-refractivity contribution is 6.99. The Bertz CT molecular complexity index is 1050. The van der Waals surface area contributed by atoms with Crippen LogP contribution >= 0.6 is 0 Å². The van der Waals surface area contributed by atoms with Crippen molar-refractivity contribution in [3.05, 3.63) is 72.8 Å². The molecular weight excluding hydrogens is 511 g/mol. The first kappa shape index (κ1) is 31.3. The van der Waals surface area contributed by atoms with Gasteiger partial charge in [0.05, 0.1) is 6.10 Å². The van der Waals surface area contributed by atoms with Gasteiger partial charge in [-0.1, -0.05) is 93.6 Å². The van der Waals surface area contributed by atoms with E-state index in [1.54, 1.807) is 38.2 Å². The largest absolute Gasteiger partial charge is 0.471 e. The van der Waals surface area contributed by atoms with E-state index in [-0.39, 0.29) is 11.5 Å². The average Bonchev–Trinajstić information content (AvgIpc) is 2.80. The number of alkyl halides is 3. The van der Waals surface area contributed by atoms with Crippen LogP contribution in [-0.4, -0.2) is 44.1 Å². The Morgan fingerprint density at radius 3 is 1.76 bits per heavy atom. The topological polar surface area (TPSA) is 64.6 Å². The van der Waals surface area contributed by atoms with E-state index in [9.17, 15) is 22.8 Å². The van der Waals surface area contributed by atoms with Gasteiger partial charge < -0.3 is 14.5 Å². The Labute approximate surface area is 224 Å². The first-order chi connectivity index (χ1) is 17.5. The summed E-state index contributed by atoms with van der Waals surface area (Å²) in [7, 11) is -2.86. The number of nitrogens with one attached hydrogen (secondary N) is 1. The first-order valence-electron chi connectivity index (χ1n) is 12.5. The van der Waals surface area contributed by atoms with Gasteiger partial charge in [0.2, 0.25) is 0 Å². The molecule has 2 rings (SSSR count). The van der Waals surface area contributed by atoms with Crippen LogP contribution in [0.4, 0.5) is 13.2 Å². The van der Waals surface area contributed by atoms with Crippen LogP contribution in [0.5, 0.6) is 0 Å². The Kier molecular flexibility index (Phi) is 10.1. The quantitative estimate of drug-likeness (QED) is 0.262. The molecule has 0 aliphatic carbocycles. The molecule has 0 saturated carbocycles. The zero-order valence-electron chi connectivity index (χ0n) is 23.1. The van der Waals surface area contributed by atoms with Crippen molar-refractivity contribution in [1.82, 2.24) is 5.32 Å². The van der Waals surface area contributed by atoms with E-state index in [0.717, 1.165) is 10.4 Å². The number of carbonyl (C=O) groups is 2. The fourth-order valence-electron chi connectivity index (χ4n) is 4.24. The van der Waals surface area contributed by atoms with E-state index in [0.29, 0.717) is 0 Å².